The SMILES string of the molecule is CN[C@H]1CCCN(C(=O)c2ccccc2N2CCOCC2)C1. The highest BCUT2D eigenvalue weighted by molar-refractivity contribution is 6.00. The van der Waals surface area contributed by atoms with Crippen LogP contribution in [0, 0.1) is 0 Å². The highest BCUT2D eigenvalue weighted by atomic mass is 16.5. The molecule has 3 rings (SSSR count). The summed E-state index contributed by atoms with van der Waals surface area (Å²) < 4.78 is 5.42. The van der Waals surface area contributed by atoms with Crippen LogP contribution in [0.3, 0.4) is 0 Å². The highest BCUT2D eigenvalue weighted by Crippen LogP contribution is 2.24. The van der Waals surface area contributed by atoms with Crippen LogP contribution in [0.25, 0.3) is 0 Å². The zero-order chi connectivity index (χ0) is 15.4. The fourth-order valence-electron chi connectivity index (χ4n) is 3.30. The van der Waals surface area contributed by atoms with Gasteiger partial charge in [0.15, 0.2) is 0 Å². The number of para-hydroxylation sites is 1. The lowest BCUT2D eigenvalue weighted by Gasteiger charge is -2.35. The fraction of sp³-hybridized carbons (Fsp3) is 0.588. The number of morpholine rings is 1. The Morgan fingerprint density at radius 3 is 2.77 bits per heavy atom. The first-order valence-corrected chi connectivity index (χ1v) is 8.18. The van der Waals surface area contributed by atoms with Crippen molar-refractivity contribution >= 4 is 11.6 Å². The number of likely N-dealkylation sites (N-methyl/N-ethyl adjacent to an activating group) is 1. The number of rotatable bonds is 3. The maximum absolute atomic E-state index is 13.0. The van der Waals surface area contributed by atoms with Crippen LogP contribution in [0.5, 0.6) is 0 Å². The number of hydrogen-bond acceptors (Lipinski definition) is 4. The van der Waals surface area contributed by atoms with Gasteiger partial charge in [0.1, 0.15) is 0 Å². The molecule has 2 aliphatic heterocycles. The number of piperidine rings is 1. The van der Waals surface area contributed by atoms with Crippen LogP contribution in [-0.4, -0.2) is 63.3 Å². The third kappa shape index (κ3) is 3.25. The number of ether oxygens (including phenoxy) is 1. The van der Waals surface area contributed by atoms with E-state index < -0.39 is 0 Å². The van der Waals surface area contributed by atoms with Crippen molar-refractivity contribution in [3.05, 3.63) is 29.8 Å². The summed E-state index contributed by atoms with van der Waals surface area (Å²) in [6.07, 6.45) is 2.21. The van der Waals surface area contributed by atoms with Crippen LogP contribution in [0.4, 0.5) is 5.69 Å². The summed E-state index contributed by atoms with van der Waals surface area (Å²) in [6, 6.07) is 8.38. The van der Waals surface area contributed by atoms with Gasteiger partial charge in [0, 0.05) is 37.9 Å². The normalized spacial score (nSPS) is 22.7. The van der Waals surface area contributed by atoms with Crippen molar-refractivity contribution in [2.45, 2.75) is 18.9 Å². The molecule has 5 nitrogen and oxygen atoms in total. The molecule has 120 valence electrons. The molecule has 22 heavy (non-hydrogen) atoms. The molecule has 5 heteroatoms. The minimum Gasteiger partial charge on any atom is -0.378 e. The van der Waals surface area contributed by atoms with Gasteiger partial charge in [0.2, 0.25) is 0 Å². The van der Waals surface area contributed by atoms with Gasteiger partial charge in [-0.25, -0.2) is 0 Å². The van der Waals surface area contributed by atoms with Gasteiger partial charge >= 0.3 is 0 Å². The van der Waals surface area contributed by atoms with Crippen molar-refractivity contribution in [2.24, 2.45) is 0 Å². The topological polar surface area (TPSA) is 44.8 Å². The average molecular weight is 303 g/mol. The van der Waals surface area contributed by atoms with Gasteiger partial charge in [0.25, 0.3) is 5.91 Å². The molecule has 2 saturated heterocycles. The molecule has 2 aliphatic rings. The molecule has 0 unspecified atom stereocenters. The zero-order valence-electron chi connectivity index (χ0n) is 13.3. The van der Waals surface area contributed by atoms with E-state index in [0.29, 0.717) is 6.04 Å². The number of anilines is 1. The predicted octanol–water partition coefficient (Wildman–Crippen LogP) is 1.35. The first-order chi connectivity index (χ1) is 10.8. The van der Waals surface area contributed by atoms with Gasteiger partial charge in [-0.15, -0.1) is 0 Å². The van der Waals surface area contributed by atoms with E-state index in [4.69, 9.17) is 4.74 Å². The van der Waals surface area contributed by atoms with Crippen LogP contribution in [0.15, 0.2) is 24.3 Å². The van der Waals surface area contributed by atoms with Crippen molar-refractivity contribution in [1.29, 1.82) is 0 Å². The van der Waals surface area contributed by atoms with Crippen LogP contribution < -0.4 is 10.2 Å². The number of benzene rings is 1. The third-order valence-electron chi connectivity index (χ3n) is 4.60. The van der Waals surface area contributed by atoms with Gasteiger partial charge in [-0.1, -0.05) is 12.1 Å². The molecular formula is C17H25N3O2. The smallest absolute Gasteiger partial charge is 0.256 e. The summed E-state index contributed by atoms with van der Waals surface area (Å²) in [4.78, 5) is 17.2. The maximum Gasteiger partial charge on any atom is 0.256 e. The number of hydrogen-bond donors (Lipinski definition) is 1. The van der Waals surface area contributed by atoms with E-state index in [0.717, 1.165) is 63.5 Å². The monoisotopic (exact) mass is 303 g/mol. The fourth-order valence-corrected chi connectivity index (χ4v) is 3.30. The Hall–Kier alpha value is -1.59. The van der Waals surface area contributed by atoms with E-state index in [-0.39, 0.29) is 5.91 Å². The van der Waals surface area contributed by atoms with Crippen molar-refractivity contribution in [1.82, 2.24) is 10.2 Å². The van der Waals surface area contributed by atoms with Crippen LogP contribution in [0.1, 0.15) is 23.2 Å². The van der Waals surface area contributed by atoms with Crippen LogP contribution in [-0.2, 0) is 4.74 Å². The van der Waals surface area contributed by atoms with Gasteiger partial charge in [-0.2, -0.15) is 0 Å². The molecule has 0 aromatic heterocycles. The molecule has 0 spiro atoms. The molecule has 0 aliphatic carbocycles. The molecule has 0 saturated carbocycles. The van der Waals surface area contributed by atoms with Gasteiger partial charge in [0.05, 0.1) is 18.8 Å². The summed E-state index contributed by atoms with van der Waals surface area (Å²) in [5, 5.41) is 3.30. The average Bonchev–Trinajstić information content (AvgIpc) is 2.62. The molecule has 1 N–H and O–H groups in total. The molecule has 1 aromatic rings. The summed E-state index contributed by atoms with van der Waals surface area (Å²) in [5.41, 5.74) is 1.86. The Labute approximate surface area is 132 Å². The van der Waals surface area contributed by atoms with Crippen molar-refractivity contribution in [3.63, 3.8) is 0 Å². The Kier molecular flexibility index (Phi) is 4.95. The molecule has 0 bridgehead atoms. The molecule has 2 heterocycles. The first-order valence-electron chi connectivity index (χ1n) is 8.18. The molecular weight excluding hydrogens is 278 g/mol. The van der Waals surface area contributed by atoms with Gasteiger partial charge in [-0.05, 0) is 32.0 Å². The summed E-state index contributed by atoms with van der Waals surface area (Å²) in [5.74, 6) is 0.155. The molecule has 1 atom stereocenters. The van der Waals surface area contributed by atoms with E-state index in [1.807, 2.05) is 30.1 Å². The number of carbonyl (C=O) groups is 1. The largest absolute Gasteiger partial charge is 0.378 e. The zero-order valence-corrected chi connectivity index (χ0v) is 13.3. The Morgan fingerprint density at radius 1 is 1.23 bits per heavy atom. The van der Waals surface area contributed by atoms with Crippen molar-refractivity contribution < 1.29 is 9.53 Å². The maximum atomic E-state index is 13.0. The van der Waals surface area contributed by atoms with Crippen molar-refractivity contribution in [3.8, 4) is 0 Å². The summed E-state index contributed by atoms with van der Waals surface area (Å²) in [7, 11) is 1.97. The molecule has 1 aromatic carbocycles. The van der Waals surface area contributed by atoms with E-state index in [1.54, 1.807) is 0 Å². The minimum absolute atomic E-state index is 0.155. The van der Waals surface area contributed by atoms with Gasteiger partial charge in [-0.3, -0.25) is 4.79 Å². The van der Waals surface area contributed by atoms with E-state index >= 15 is 0 Å². The molecule has 0 radical (unpaired) electrons. The number of nitrogens with zero attached hydrogens (tertiary/aromatic N) is 2. The lowest BCUT2D eigenvalue weighted by molar-refractivity contribution is 0.0697. The third-order valence-corrected chi connectivity index (χ3v) is 4.60. The lowest BCUT2D eigenvalue weighted by atomic mass is 10.0. The first kappa shape index (κ1) is 15.3. The molecule has 1 amide bonds. The molecule has 2 fully saturated rings. The second-order valence-electron chi connectivity index (χ2n) is 6.00. The van der Waals surface area contributed by atoms with E-state index in [2.05, 4.69) is 16.3 Å². The number of nitrogens with one attached hydrogen (secondary N) is 1. The van der Waals surface area contributed by atoms with E-state index in [1.165, 1.54) is 0 Å². The quantitative estimate of drug-likeness (QED) is 0.915. The number of carbonyl (C=O) groups excluding carboxylic acids is 1. The second kappa shape index (κ2) is 7.11. The van der Waals surface area contributed by atoms with Crippen molar-refractivity contribution in [2.75, 3.05) is 51.3 Å². The van der Waals surface area contributed by atoms with Crippen LogP contribution in [0.2, 0.25) is 0 Å². The minimum atomic E-state index is 0.155. The van der Waals surface area contributed by atoms with E-state index in [9.17, 15) is 4.79 Å². The standard InChI is InChI=1S/C17H25N3O2/c1-18-14-5-4-8-20(13-14)17(21)15-6-2-3-7-16(15)19-9-11-22-12-10-19/h2-3,6-7,14,18H,4-5,8-13H2,1H3/t14-/m0/s1. The Balaban J connectivity index is 1.80. The lowest BCUT2D eigenvalue weighted by Crippen LogP contribution is -2.47. The van der Waals surface area contributed by atoms with Gasteiger partial charge < -0.3 is 19.9 Å². The highest BCUT2D eigenvalue weighted by Gasteiger charge is 2.26. The number of likely N-dealkylation sites (tertiary alicyclic amines) is 1. The predicted molar refractivity (Wildman–Crippen MR) is 87.5 cm³/mol. The second-order valence-corrected chi connectivity index (χ2v) is 6.00. The van der Waals surface area contributed by atoms with Crippen LogP contribution >= 0.6 is 0 Å². The number of amides is 1. The Bertz CT molecular complexity index is 514. The Morgan fingerprint density at radius 2 is 2.00 bits per heavy atom. The summed E-state index contributed by atoms with van der Waals surface area (Å²) in [6.45, 7) is 4.82. The summed E-state index contributed by atoms with van der Waals surface area (Å²) >= 11 is 0.